The highest BCUT2D eigenvalue weighted by Crippen LogP contribution is 2.17. The maximum atomic E-state index is 12.2. The molecule has 1 N–H and O–H groups in total. The third kappa shape index (κ3) is 4.57. The molecule has 0 aromatic carbocycles. The minimum Gasteiger partial charge on any atom is -0.339 e. The van der Waals surface area contributed by atoms with E-state index in [0.29, 0.717) is 43.2 Å². The van der Waals surface area contributed by atoms with Crippen LogP contribution in [0.3, 0.4) is 0 Å². The van der Waals surface area contributed by atoms with Crippen LogP contribution in [0.1, 0.15) is 18.7 Å². The molecule has 0 radical (unpaired) electrons. The van der Waals surface area contributed by atoms with Crippen LogP contribution < -0.4 is 5.32 Å². The van der Waals surface area contributed by atoms with E-state index in [1.807, 2.05) is 6.07 Å². The summed E-state index contributed by atoms with van der Waals surface area (Å²) < 4.78 is 28.1. The fraction of sp³-hybridized carbons (Fsp3) is 0.500. The lowest BCUT2D eigenvalue weighted by Crippen LogP contribution is -2.47. The third-order valence-corrected chi connectivity index (χ3v) is 6.08. The summed E-state index contributed by atoms with van der Waals surface area (Å²) in [5.41, 5.74) is 0.624. The van der Waals surface area contributed by atoms with Gasteiger partial charge in [0.2, 0.25) is 11.7 Å². The largest absolute Gasteiger partial charge is 0.339 e. The summed E-state index contributed by atoms with van der Waals surface area (Å²) in [7, 11) is -1.26. The summed E-state index contributed by atoms with van der Waals surface area (Å²) in [6, 6.07) is 5.13. The average molecular weight is 379 g/mol. The zero-order chi connectivity index (χ0) is 18.6. The Bertz CT molecular complexity index is 839. The van der Waals surface area contributed by atoms with Crippen LogP contribution >= 0.6 is 0 Å². The monoisotopic (exact) mass is 379 g/mol. The molecule has 0 spiro atoms. The molecule has 3 rings (SSSR count). The Morgan fingerprint density at radius 2 is 2.12 bits per heavy atom. The summed E-state index contributed by atoms with van der Waals surface area (Å²) in [6.45, 7) is 0.345. The first-order valence-electron chi connectivity index (χ1n) is 8.40. The van der Waals surface area contributed by atoms with Crippen LogP contribution in [0.4, 0.5) is 4.79 Å². The second-order valence-electron chi connectivity index (χ2n) is 6.20. The lowest BCUT2D eigenvalue weighted by molar-refractivity contribution is 0.185. The van der Waals surface area contributed by atoms with Crippen molar-refractivity contribution in [3.63, 3.8) is 0 Å². The summed E-state index contributed by atoms with van der Waals surface area (Å²) in [4.78, 5) is 22.2. The topological polar surface area (TPSA) is 118 Å². The van der Waals surface area contributed by atoms with Crippen molar-refractivity contribution in [2.75, 3.05) is 25.1 Å². The number of aromatic nitrogens is 3. The van der Waals surface area contributed by atoms with Gasteiger partial charge in [-0.2, -0.15) is 4.98 Å². The van der Waals surface area contributed by atoms with E-state index in [1.54, 1.807) is 30.3 Å². The van der Waals surface area contributed by atoms with Crippen LogP contribution in [0.15, 0.2) is 28.9 Å². The molecule has 10 heteroatoms. The molecule has 0 saturated carbocycles. The second-order valence-corrected chi connectivity index (χ2v) is 8.51. The minimum atomic E-state index is -2.94. The van der Waals surface area contributed by atoms with Crippen molar-refractivity contribution in [3.8, 4) is 11.5 Å². The molecule has 1 fully saturated rings. The predicted octanol–water partition coefficient (Wildman–Crippen LogP) is 0.893. The standard InChI is InChI=1S/C16H21N5O4S/c1-21(12-6-10-26(23,24)11-7-12)16(22)18-9-5-14-19-15(20-25-14)13-4-2-3-8-17-13/h2-4,8,12H,5-7,9-11H2,1H3,(H,18,22). The number of urea groups is 1. The number of carbonyl (C=O) groups is 1. The van der Waals surface area contributed by atoms with Crippen molar-refractivity contribution < 1.29 is 17.7 Å². The van der Waals surface area contributed by atoms with Crippen LogP contribution in [0.2, 0.25) is 0 Å². The number of hydrogen-bond donors (Lipinski definition) is 1. The van der Waals surface area contributed by atoms with Gasteiger partial charge in [0.25, 0.3) is 0 Å². The van der Waals surface area contributed by atoms with E-state index >= 15 is 0 Å². The van der Waals surface area contributed by atoms with Gasteiger partial charge in [-0.3, -0.25) is 4.98 Å². The summed E-state index contributed by atoms with van der Waals surface area (Å²) in [5, 5.41) is 6.67. The van der Waals surface area contributed by atoms with Crippen LogP contribution in [0.5, 0.6) is 0 Å². The summed E-state index contributed by atoms with van der Waals surface area (Å²) >= 11 is 0. The van der Waals surface area contributed by atoms with E-state index in [0.717, 1.165) is 0 Å². The molecule has 0 bridgehead atoms. The first-order valence-corrected chi connectivity index (χ1v) is 10.2. The number of carbonyl (C=O) groups excluding carboxylic acids is 1. The van der Waals surface area contributed by atoms with Crippen LogP contribution in [0, 0.1) is 0 Å². The first kappa shape index (κ1) is 18.3. The SMILES string of the molecule is CN(C(=O)NCCc1nc(-c2ccccn2)no1)C1CCS(=O)(=O)CC1. The third-order valence-electron chi connectivity index (χ3n) is 4.37. The molecule has 0 aliphatic carbocycles. The Kier molecular flexibility index (Phi) is 5.50. The van der Waals surface area contributed by atoms with Crippen molar-refractivity contribution in [2.24, 2.45) is 0 Å². The number of pyridine rings is 1. The molecule has 2 aromatic rings. The molecule has 0 atom stereocenters. The summed E-state index contributed by atoms with van der Waals surface area (Å²) in [6.07, 6.45) is 3.00. The Labute approximate surface area is 151 Å². The lowest BCUT2D eigenvalue weighted by Gasteiger charge is -2.31. The number of nitrogens with one attached hydrogen (secondary N) is 1. The Hall–Kier alpha value is -2.49. The molecule has 1 saturated heterocycles. The van der Waals surface area contributed by atoms with E-state index in [-0.39, 0.29) is 23.6 Å². The van der Waals surface area contributed by atoms with Crippen molar-refractivity contribution in [1.29, 1.82) is 0 Å². The van der Waals surface area contributed by atoms with Gasteiger partial charge in [-0.1, -0.05) is 11.2 Å². The fourth-order valence-electron chi connectivity index (χ4n) is 2.79. The van der Waals surface area contributed by atoms with Crippen molar-refractivity contribution in [1.82, 2.24) is 25.3 Å². The number of rotatable bonds is 5. The van der Waals surface area contributed by atoms with Crippen molar-refractivity contribution in [3.05, 3.63) is 30.3 Å². The van der Waals surface area contributed by atoms with E-state index in [9.17, 15) is 13.2 Å². The number of sulfone groups is 1. The molecule has 140 valence electrons. The van der Waals surface area contributed by atoms with E-state index in [2.05, 4.69) is 20.4 Å². The maximum Gasteiger partial charge on any atom is 0.317 e. The van der Waals surface area contributed by atoms with Crippen LogP contribution in [0.25, 0.3) is 11.5 Å². The average Bonchev–Trinajstić information content (AvgIpc) is 3.11. The normalized spacial score (nSPS) is 17.0. The molecular formula is C16H21N5O4S. The van der Waals surface area contributed by atoms with Gasteiger partial charge < -0.3 is 14.7 Å². The van der Waals surface area contributed by atoms with Gasteiger partial charge in [0.05, 0.1) is 11.5 Å². The second kappa shape index (κ2) is 7.81. The number of hydrogen-bond acceptors (Lipinski definition) is 7. The van der Waals surface area contributed by atoms with E-state index < -0.39 is 9.84 Å². The van der Waals surface area contributed by atoms with E-state index in [1.165, 1.54) is 0 Å². The molecular weight excluding hydrogens is 358 g/mol. The van der Waals surface area contributed by atoms with Gasteiger partial charge in [-0.15, -0.1) is 0 Å². The molecule has 26 heavy (non-hydrogen) atoms. The minimum absolute atomic E-state index is 0.0577. The van der Waals surface area contributed by atoms with Gasteiger partial charge >= 0.3 is 6.03 Å². The highest BCUT2D eigenvalue weighted by molar-refractivity contribution is 7.91. The lowest BCUT2D eigenvalue weighted by atomic mass is 10.1. The number of nitrogens with zero attached hydrogens (tertiary/aromatic N) is 4. The van der Waals surface area contributed by atoms with E-state index in [4.69, 9.17) is 4.52 Å². The van der Waals surface area contributed by atoms with Gasteiger partial charge in [-0.05, 0) is 25.0 Å². The highest BCUT2D eigenvalue weighted by atomic mass is 32.2. The van der Waals surface area contributed by atoms with Crippen LogP contribution in [-0.4, -0.2) is 65.6 Å². The van der Waals surface area contributed by atoms with Crippen molar-refractivity contribution in [2.45, 2.75) is 25.3 Å². The zero-order valence-corrected chi connectivity index (χ0v) is 15.3. The Morgan fingerprint density at radius 3 is 2.81 bits per heavy atom. The summed E-state index contributed by atoms with van der Waals surface area (Å²) in [5.74, 6) is 1.09. The van der Waals surface area contributed by atoms with Gasteiger partial charge in [0, 0.05) is 32.3 Å². The fourth-order valence-corrected chi connectivity index (χ4v) is 4.25. The maximum absolute atomic E-state index is 12.2. The zero-order valence-electron chi connectivity index (χ0n) is 14.5. The van der Waals surface area contributed by atoms with Crippen LogP contribution in [-0.2, 0) is 16.3 Å². The quantitative estimate of drug-likeness (QED) is 0.819. The molecule has 2 aromatic heterocycles. The van der Waals surface area contributed by atoms with Gasteiger partial charge in [0.15, 0.2) is 0 Å². The molecule has 1 aliphatic heterocycles. The molecule has 3 heterocycles. The van der Waals surface area contributed by atoms with Gasteiger partial charge in [-0.25, -0.2) is 13.2 Å². The predicted molar refractivity (Wildman–Crippen MR) is 94.1 cm³/mol. The van der Waals surface area contributed by atoms with Gasteiger partial charge in [0.1, 0.15) is 15.5 Å². The first-order chi connectivity index (χ1) is 12.4. The molecule has 1 aliphatic rings. The highest BCUT2D eigenvalue weighted by Gasteiger charge is 2.28. The number of amides is 2. The molecule has 9 nitrogen and oxygen atoms in total. The smallest absolute Gasteiger partial charge is 0.317 e. The van der Waals surface area contributed by atoms with Crippen molar-refractivity contribution >= 4 is 15.9 Å². The molecule has 0 unspecified atom stereocenters. The Morgan fingerprint density at radius 1 is 1.35 bits per heavy atom. The molecule has 2 amide bonds. The Balaban J connectivity index is 1.46.